The Hall–Kier alpha value is -0.383. The minimum Gasteiger partial charge on any atom is -0.0615 e. The average Bonchev–Trinajstić information content (AvgIpc) is 3.12. The molecule has 2 aromatic rings. The lowest BCUT2D eigenvalue weighted by Gasteiger charge is -2.28. The summed E-state index contributed by atoms with van der Waals surface area (Å²) in [5.41, 5.74) is 6.28. The summed E-state index contributed by atoms with van der Waals surface area (Å²) in [6, 6.07) is 9.82. The maximum Gasteiger partial charge on any atom is 0.115 e. The van der Waals surface area contributed by atoms with Gasteiger partial charge in [0.1, 0.15) is 8.07 Å². The highest BCUT2D eigenvalue weighted by Crippen LogP contribution is 2.29. The van der Waals surface area contributed by atoms with E-state index < -0.39 is 8.07 Å². The van der Waals surface area contributed by atoms with Crippen LogP contribution in [0.2, 0.25) is 13.1 Å². The fourth-order valence-corrected chi connectivity index (χ4v) is 10.7. The fraction of sp³-hybridized carbons (Fsp3) is 0.400. The number of fused-ring (bicyclic) bond motifs is 2. The van der Waals surface area contributed by atoms with Gasteiger partial charge in [0.25, 0.3) is 0 Å². The molecule has 0 saturated carbocycles. The monoisotopic (exact) mass is 448 g/mol. The quantitative estimate of drug-likeness (QED) is 0.565. The smallest absolute Gasteiger partial charge is 0.0615 e. The van der Waals surface area contributed by atoms with Crippen molar-refractivity contribution < 1.29 is 0 Å². The van der Waals surface area contributed by atoms with Gasteiger partial charge in [-0.3, -0.25) is 0 Å². The molecule has 0 fully saturated rings. The number of benzene rings is 2. The molecular formula is C20H22Br2Si. The van der Waals surface area contributed by atoms with Crippen LogP contribution in [0.5, 0.6) is 0 Å². The summed E-state index contributed by atoms with van der Waals surface area (Å²) in [4.78, 5) is 0. The van der Waals surface area contributed by atoms with Crippen molar-refractivity contribution in [1.29, 1.82) is 0 Å². The van der Waals surface area contributed by atoms with E-state index in [4.69, 9.17) is 0 Å². The number of aryl methyl sites for hydroxylation is 4. The van der Waals surface area contributed by atoms with E-state index in [0.717, 1.165) is 0 Å². The molecule has 0 nitrogen and oxygen atoms in total. The molecular weight excluding hydrogens is 428 g/mol. The summed E-state index contributed by atoms with van der Waals surface area (Å²) in [5.74, 6) is 0. The summed E-state index contributed by atoms with van der Waals surface area (Å²) in [6.07, 6.45) is 7.64. The van der Waals surface area contributed by atoms with Crippen molar-refractivity contribution in [3.8, 4) is 0 Å². The first-order valence-corrected chi connectivity index (χ1v) is 13.2. The molecule has 0 atom stereocenters. The molecule has 4 rings (SSSR count). The van der Waals surface area contributed by atoms with Gasteiger partial charge in [0, 0.05) is 8.95 Å². The first-order chi connectivity index (χ1) is 11.0. The van der Waals surface area contributed by atoms with Gasteiger partial charge in [0.2, 0.25) is 0 Å². The minimum absolute atomic E-state index is 1.25. The first-order valence-electron chi connectivity index (χ1n) is 8.60. The molecule has 0 N–H and O–H groups in total. The summed E-state index contributed by atoms with van der Waals surface area (Å²) in [5, 5.41) is 3.11. The molecule has 0 aromatic heterocycles. The highest BCUT2D eigenvalue weighted by Gasteiger charge is 2.32. The number of halogens is 2. The second kappa shape index (κ2) is 5.85. The molecule has 23 heavy (non-hydrogen) atoms. The third kappa shape index (κ3) is 2.69. The van der Waals surface area contributed by atoms with Crippen LogP contribution >= 0.6 is 31.9 Å². The highest BCUT2D eigenvalue weighted by atomic mass is 79.9. The third-order valence-electron chi connectivity index (χ3n) is 5.71. The molecule has 120 valence electrons. The second-order valence-corrected chi connectivity index (χ2v) is 13.6. The van der Waals surface area contributed by atoms with Gasteiger partial charge < -0.3 is 0 Å². The second-order valence-electron chi connectivity index (χ2n) is 7.53. The summed E-state index contributed by atoms with van der Waals surface area (Å²) in [7, 11) is -1.72. The third-order valence-corrected chi connectivity index (χ3v) is 11.3. The van der Waals surface area contributed by atoms with Gasteiger partial charge >= 0.3 is 0 Å². The maximum absolute atomic E-state index is 3.89. The van der Waals surface area contributed by atoms with Crippen molar-refractivity contribution in [2.75, 3.05) is 0 Å². The zero-order chi connectivity index (χ0) is 16.2. The normalized spacial score (nSPS) is 16.5. The zero-order valence-electron chi connectivity index (χ0n) is 13.8. The summed E-state index contributed by atoms with van der Waals surface area (Å²) in [6.45, 7) is 4.99. The lowest BCUT2D eigenvalue weighted by Crippen LogP contribution is -2.54. The highest BCUT2D eigenvalue weighted by molar-refractivity contribution is 9.11. The molecule has 0 spiro atoms. The summed E-state index contributed by atoms with van der Waals surface area (Å²) >= 11 is 7.78. The SMILES string of the molecule is C[Si](C)(c1cc2c(cc1Br)CCC2)c1cc2c(cc1Br)CCC2. The van der Waals surface area contributed by atoms with E-state index >= 15 is 0 Å². The first kappa shape index (κ1) is 16.1. The van der Waals surface area contributed by atoms with Crippen LogP contribution in [0, 0.1) is 0 Å². The molecule has 0 bridgehead atoms. The van der Waals surface area contributed by atoms with Crippen LogP contribution in [-0.4, -0.2) is 8.07 Å². The van der Waals surface area contributed by atoms with E-state index in [0.29, 0.717) is 0 Å². The fourth-order valence-electron chi connectivity index (χ4n) is 4.29. The van der Waals surface area contributed by atoms with Crippen LogP contribution < -0.4 is 10.4 Å². The largest absolute Gasteiger partial charge is 0.115 e. The Kier molecular flexibility index (Phi) is 4.10. The van der Waals surface area contributed by atoms with Crippen molar-refractivity contribution in [3.05, 3.63) is 55.5 Å². The number of rotatable bonds is 2. The Morgan fingerprint density at radius 1 is 0.652 bits per heavy atom. The number of hydrogen-bond acceptors (Lipinski definition) is 0. The standard InChI is InChI=1S/C20H22Br2Si/c1-23(2,19-11-15-7-3-5-13(15)9-17(19)21)20-12-16-8-4-6-14(16)10-18(20)22/h9-12H,3-8H2,1-2H3. The van der Waals surface area contributed by atoms with Crippen molar-refractivity contribution in [1.82, 2.24) is 0 Å². The lowest BCUT2D eigenvalue weighted by molar-refractivity contribution is 0.912. The molecule has 2 aliphatic carbocycles. The van der Waals surface area contributed by atoms with Gasteiger partial charge in [-0.25, -0.2) is 0 Å². The van der Waals surface area contributed by atoms with Crippen molar-refractivity contribution >= 4 is 50.3 Å². The molecule has 2 aliphatic rings. The summed E-state index contributed by atoms with van der Waals surface area (Å²) < 4.78 is 2.64. The van der Waals surface area contributed by atoms with Gasteiger partial charge in [-0.05, 0) is 83.3 Å². The number of hydrogen-bond donors (Lipinski definition) is 0. The van der Waals surface area contributed by atoms with E-state index in [9.17, 15) is 0 Å². The van der Waals surface area contributed by atoms with Crippen LogP contribution in [0.15, 0.2) is 33.2 Å². The minimum atomic E-state index is -1.72. The lowest BCUT2D eigenvalue weighted by atomic mass is 10.1. The average molecular weight is 450 g/mol. The van der Waals surface area contributed by atoms with Crippen LogP contribution in [0.4, 0.5) is 0 Å². The van der Waals surface area contributed by atoms with Crippen molar-refractivity contribution in [3.63, 3.8) is 0 Å². The molecule has 0 saturated heterocycles. The maximum atomic E-state index is 3.89. The van der Waals surface area contributed by atoms with Gasteiger partial charge in [0.15, 0.2) is 0 Å². The molecule has 0 amide bonds. The van der Waals surface area contributed by atoms with E-state index in [-0.39, 0.29) is 0 Å². The van der Waals surface area contributed by atoms with Gasteiger partial charge in [-0.2, -0.15) is 0 Å². The van der Waals surface area contributed by atoms with E-state index in [1.54, 1.807) is 32.6 Å². The van der Waals surface area contributed by atoms with Crippen LogP contribution in [0.3, 0.4) is 0 Å². The van der Waals surface area contributed by atoms with Gasteiger partial charge in [0.05, 0.1) is 0 Å². The van der Waals surface area contributed by atoms with Gasteiger partial charge in [-0.1, -0.05) is 57.1 Å². The van der Waals surface area contributed by atoms with Gasteiger partial charge in [-0.15, -0.1) is 0 Å². The van der Waals surface area contributed by atoms with Crippen LogP contribution in [0.25, 0.3) is 0 Å². The van der Waals surface area contributed by atoms with Crippen LogP contribution in [0.1, 0.15) is 35.1 Å². The van der Waals surface area contributed by atoms with Crippen LogP contribution in [-0.2, 0) is 25.7 Å². The van der Waals surface area contributed by atoms with Crippen molar-refractivity contribution in [2.45, 2.75) is 51.6 Å². The zero-order valence-corrected chi connectivity index (χ0v) is 18.0. The Bertz CT molecular complexity index is 727. The Balaban J connectivity index is 1.85. The Labute approximate surface area is 157 Å². The Morgan fingerprint density at radius 3 is 1.39 bits per heavy atom. The molecule has 0 unspecified atom stereocenters. The predicted molar refractivity (Wildman–Crippen MR) is 109 cm³/mol. The topological polar surface area (TPSA) is 0 Å². The molecule has 0 radical (unpaired) electrons. The van der Waals surface area contributed by atoms with E-state index in [2.05, 4.69) is 69.2 Å². The molecule has 3 heteroatoms. The predicted octanol–water partition coefficient (Wildman–Crippen LogP) is 5.01. The molecule has 0 heterocycles. The Morgan fingerprint density at radius 2 is 1.00 bits per heavy atom. The molecule has 2 aromatic carbocycles. The van der Waals surface area contributed by atoms with Crippen molar-refractivity contribution in [2.24, 2.45) is 0 Å². The van der Waals surface area contributed by atoms with E-state index in [1.165, 1.54) is 47.5 Å². The van der Waals surface area contributed by atoms with E-state index in [1.807, 2.05) is 0 Å². The molecule has 0 aliphatic heterocycles.